The van der Waals surface area contributed by atoms with Gasteiger partial charge in [0.25, 0.3) is 15.9 Å². The topological polar surface area (TPSA) is 165 Å². The van der Waals surface area contributed by atoms with Crippen LogP contribution in [0.5, 0.6) is 5.75 Å². The minimum atomic E-state index is -5.02. The predicted molar refractivity (Wildman–Crippen MR) is 145 cm³/mol. The van der Waals surface area contributed by atoms with E-state index in [0.717, 1.165) is 5.56 Å². The van der Waals surface area contributed by atoms with Gasteiger partial charge in [0.2, 0.25) is 5.88 Å². The van der Waals surface area contributed by atoms with E-state index < -0.39 is 27.5 Å². The Morgan fingerprint density at radius 1 is 1.15 bits per heavy atom. The highest BCUT2D eigenvalue weighted by molar-refractivity contribution is 7.93. The van der Waals surface area contributed by atoms with Crippen LogP contribution in [-0.2, 0) is 21.9 Å². The van der Waals surface area contributed by atoms with Gasteiger partial charge in [0.1, 0.15) is 28.6 Å². The summed E-state index contributed by atoms with van der Waals surface area (Å²) < 4.78 is 75.9. The van der Waals surface area contributed by atoms with Crippen LogP contribution in [-0.4, -0.2) is 42.0 Å². The van der Waals surface area contributed by atoms with E-state index in [1.54, 1.807) is 22.9 Å². The highest BCUT2D eigenvalue weighted by Crippen LogP contribution is 2.35. The molecule has 0 aliphatic rings. The quantitative estimate of drug-likeness (QED) is 0.190. The van der Waals surface area contributed by atoms with Crippen LogP contribution < -0.4 is 20.5 Å². The van der Waals surface area contributed by atoms with Gasteiger partial charge in [-0.1, -0.05) is 44.1 Å². The molecule has 15 heteroatoms. The number of aromatic amines is 1. The highest BCUT2D eigenvalue weighted by Gasteiger charge is 2.27. The summed E-state index contributed by atoms with van der Waals surface area (Å²) in [6, 6.07) is 11.2. The van der Waals surface area contributed by atoms with Crippen LogP contribution in [0, 0.1) is 5.82 Å². The molecule has 5 N–H and O–H groups in total. The van der Waals surface area contributed by atoms with Gasteiger partial charge in [-0.05, 0) is 29.8 Å². The second kappa shape index (κ2) is 11.5. The lowest BCUT2D eigenvalue weighted by Gasteiger charge is -2.15. The highest BCUT2D eigenvalue weighted by atomic mass is 32.2. The lowest BCUT2D eigenvalue weighted by molar-refractivity contribution is 0.100. The Morgan fingerprint density at radius 2 is 1.85 bits per heavy atom. The molecule has 0 bridgehead atoms. The van der Waals surface area contributed by atoms with E-state index in [0.29, 0.717) is 12.1 Å². The SMILES string of the molecule is CC(C)(C)c1cc(Nc2[nH]nc(-c3ccc(NS(=O)(=O)C(F)F)c(OCCc4ccc(F)cc4)c3)c2C(N)=O)on1. The molecule has 0 spiro atoms. The minimum absolute atomic E-state index is 0.0177. The zero-order chi connectivity index (χ0) is 29.9. The van der Waals surface area contributed by atoms with Gasteiger partial charge in [0, 0.05) is 23.5 Å². The normalized spacial score (nSPS) is 12.0. The van der Waals surface area contributed by atoms with Crippen molar-refractivity contribution in [2.75, 3.05) is 16.6 Å². The summed E-state index contributed by atoms with van der Waals surface area (Å²) in [4.78, 5) is 12.4. The average Bonchev–Trinajstić information content (AvgIpc) is 3.54. The zero-order valence-corrected chi connectivity index (χ0v) is 23.0. The molecule has 0 aliphatic heterocycles. The number of carbonyl (C=O) groups is 1. The molecule has 0 atom stereocenters. The van der Waals surface area contributed by atoms with Crippen LogP contribution in [0.25, 0.3) is 11.3 Å². The third-order valence-electron chi connectivity index (χ3n) is 5.84. The van der Waals surface area contributed by atoms with E-state index in [-0.39, 0.29) is 52.0 Å². The number of aromatic nitrogens is 3. The van der Waals surface area contributed by atoms with Crippen molar-refractivity contribution in [3.05, 3.63) is 71.2 Å². The van der Waals surface area contributed by atoms with Crippen molar-refractivity contribution in [1.82, 2.24) is 15.4 Å². The number of H-pyrrole nitrogens is 1. The van der Waals surface area contributed by atoms with Crippen LogP contribution in [0.3, 0.4) is 0 Å². The van der Waals surface area contributed by atoms with Gasteiger partial charge >= 0.3 is 5.76 Å². The standard InChI is InChI=1S/C26H27F3N6O5S/c1-26(2,3)19-13-20(40-34-19)31-24-21(23(30)36)22(32-33-24)15-6-9-17(35-41(37,38)25(28)29)18(12-15)39-11-10-14-4-7-16(27)8-5-14/h4-9,12-13,25,35H,10-11H2,1-3H3,(H2,30,36)(H2,31,32,33). The number of ether oxygens (including phenoxy) is 1. The number of rotatable bonds is 11. The fourth-order valence-corrected chi connectivity index (χ4v) is 4.26. The van der Waals surface area contributed by atoms with Crippen molar-refractivity contribution in [2.24, 2.45) is 5.73 Å². The molecule has 4 rings (SSSR count). The number of nitrogens with one attached hydrogen (secondary N) is 3. The van der Waals surface area contributed by atoms with Gasteiger partial charge in [0.15, 0.2) is 0 Å². The molecule has 0 saturated carbocycles. The molecule has 4 aromatic rings. The van der Waals surface area contributed by atoms with E-state index in [1.807, 2.05) is 20.8 Å². The minimum Gasteiger partial charge on any atom is -0.491 e. The molecule has 1 amide bonds. The summed E-state index contributed by atoms with van der Waals surface area (Å²) >= 11 is 0. The summed E-state index contributed by atoms with van der Waals surface area (Å²) in [7, 11) is -5.02. The van der Waals surface area contributed by atoms with Gasteiger partial charge < -0.3 is 20.3 Å². The second-order valence-electron chi connectivity index (χ2n) is 9.98. The van der Waals surface area contributed by atoms with E-state index in [1.165, 1.54) is 30.3 Å². The first kappa shape index (κ1) is 29.5. The Labute approximate surface area is 233 Å². The number of hydrogen-bond donors (Lipinski definition) is 4. The molecule has 0 saturated heterocycles. The molecule has 41 heavy (non-hydrogen) atoms. The molecule has 0 unspecified atom stereocenters. The molecular weight excluding hydrogens is 565 g/mol. The Kier molecular flexibility index (Phi) is 8.28. The fourth-order valence-electron chi connectivity index (χ4n) is 3.69. The molecule has 2 aromatic carbocycles. The van der Waals surface area contributed by atoms with Crippen molar-refractivity contribution >= 4 is 33.3 Å². The van der Waals surface area contributed by atoms with Crippen molar-refractivity contribution in [3.8, 4) is 17.0 Å². The molecule has 2 aromatic heterocycles. The maximum absolute atomic E-state index is 13.2. The summed E-state index contributed by atoms with van der Waals surface area (Å²) in [5, 5.41) is 13.7. The molecule has 0 radical (unpaired) electrons. The number of halogens is 3. The lowest BCUT2D eigenvalue weighted by atomic mass is 9.92. The molecule has 218 valence electrons. The van der Waals surface area contributed by atoms with Crippen LogP contribution in [0.2, 0.25) is 0 Å². The third kappa shape index (κ3) is 6.98. The average molecular weight is 593 g/mol. The summed E-state index contributed by atoms with van der Waals surface area (Å²) in [6.45, 7) is 5.82. The number of anilines is 3. The number of benzene rings is 2. The summed E-state index contributed by atoms with van der Waals surface area (Å²) in [6.07, 6.45) is 0.294. The van der Waals surface area contributed by atoms with Gasteiger partial charge in [-0.2, -0.15) is 13.9 Å². The second-order valence-corrected chi connectivity index (χ2v) is 11.6. The monoisotopic (exact) mass is 592 g/mol. The van der Waals surface area contributed by atoms with Gasteiger partial charge in [0.05, 0.1) is 18.0 Å². The van der Waals surface area contributed by atoms with E-state index in [2.05, 4.69) is 20.7 Å². The Morgan fingerprint density at radius 3 is 2.46 bits per heavy atom. The van der Waals surface area contributed by atoms with Crippen molar-refractivity contribution in [1.29, 1.82) is 0 Å². The molecular formula is C26H27F3N6O5S. The number of nitrogens with zero attached hydrogens (tertiary/aromatic N) is 2. The largest absolute Gasteiger partial charge is 0.491 e. The number of sulfonamides is 1. The van der Waals surface area contributed by atoms with Crippen LogP contribution in [0.4, 0.5) is 30.6 Å². The third-order valence-corrected chi connectivity index (χ3v) is 6.82. The Hall–Kier alpha value is -4.53. The number of primary amides is 1. The van der Waals surface area contributed by atoms with E-state index in [4.69, 9.17) is 15.0 Å². The Bertz CT molecular complexity index is 1650. The van der Waals surface area contributed by atoms with E-state index >= 15 is 0 Å². The van der Waals surface area contributed by atoms with Gasteiger partial charge in [-0.15, -0.1) is 0 Å². The molecule has 2 heterocycles. The number of carbonyl (C=O) groups excluding carboxylic acids is 1. The van der Waals surface area contributed by atoms with Crippen LogP contribution in [0.1, 0.15) is 42.4 Å². The first-order chi connectivity index (χ1) is 19.2. The Balaban J connectivity index is 1.66. The maximum Gasteiger partial charge on any atom is 0.355 e. The number of alkyl halides is 2. The predicted octanol–water partition coefficient (Wildman–Crippen LogP) is 4.93. The van der Waals surface area contributed by atoms with Gasteiger partial charge in [-0.3, -0.25) is 14.6 Å². The van der Waals surface area contributed by atoms with Crippen molar-refractivity contribution in [2.45, 2.75) is 38.4 Å². The van der Waals surface area contributed by atoms with Crippen LogP contribution in [0.15, 0.2) is 53.1 Å². The molecule has 11 nitrogen and oxygen atoms in total. The smallest absolute Gasteiger partial charge is 0.355 e. The van der Waals surface area contributed by atoms with Crippen molar-refractivity contribution < 1.29 is 35.6 Å². The first-order valence-electron chi connectivity index (χ1n) is 12.2. The molecule has 0 fully saturated rings. The lowest BCUT2D eigenvalue weighted by Crippen LogP contribution is -2.21. The van der Waals surface area contributed by atoms with Crippen LogP contribution >= 0.6 is 0 Å². The summed E-state index contributed by atoms with van der Waals surface area (Å²) in [5.41, 5.74) is 6.73. The number of amides is 1. The summed E-state index contributed by atoms with van der Waals surface area (Å²) in [5.74, 6) is -4.76. The first-order valence-corrected chi connectivity index (χ1v) is 13.7. The zero-order valence-electron chi connectivity index (χ0n) is 22.2. The number of nitrogens with two attached hydrogens (primary N) is 1. The molecule has 0 aliphatic carbocycles. The van der Waals surface area contributed by atoms with Gasteiger partial charge in [-0.25, -0.2) is 12.8 Å². The van der Waals surface area contributed by atoms with E-state index in [9.17, 15) is 26.4 Å². The van der Waals surface area contributed by atoms with Crippen molar-refractivity contribution in [3.63, 3.8) is 0 Å². The fraction of sp³-hybridized carbons (Fsp3) is 0.269. The maximum atomic E-state index is 13.2. The number of hydrogen-bond acceptors (Lipinski definition) is 8.